The van der Waals surface area contributed by atoms with Gasteiger partial charge in [-0.05, 0) is 54.4 Å². The first-order valence-electron chi connectivity index (χ1n) is 16.8. The molecular weight excluding hydrogens is 730 g/mol. The van der Waals surface area contributed by atoms with Crippen LogP contribution >= 0.6 is 0 Å². The van der Waals surface area contributed by atoms with E-state index in [2.05, 4.69) is 30.8 Å². The van der Waals surface area contributed by atoms with E-state index in [-0.39, 0.29) is 40.6 Å². The van der Waals surface area contributed by atoms with Gasteiger partial charge in [-0.15, -0.1) is 0 Å². The summed E-state index contributed by atoms with van der Waals surface area (Å²) in [7, 11) is -1.42. The minimum atomic E-state index is -1.42. The van der Waals surface area contributed by atoms with Gasteiger partial charge in [0.25, 0.3) is 0 Å². The Balaban J connectivity index is 0.000000208. The largest absolute Gasteiger partial charge is 0.444 e. The number of carbonyl (C=O) groups is 2. The first-order valence-corrected chi connectivity index (χ1v) is 18.4. The number of aromatic nitrogens is 6. The number of nitrogen functional groups attached to an aromatic ring is 1. The van der Waals surface area contributed by atoms with E-state index in [4.69, 9.17) is 15.2 Å². The molecule has 6 heterocycles. The van der Waals surface area contributed by atoms with Gasteiger partial charge in [-0.25, -0.2) is 19.6 Å². The molecule has 2 aliphatic rings. The third-order valence-corrected chi connectivity index (χ3v) is 8.91. The van der Waals surface area contributed by atoms with Gasteiger partial charge in [0.2, 0.25) is 11.3 Å². The van der Waals surface area contributed by atoms with E-state index >= 15 is 0 Å². The predicted octanol–water partition coefficient (Wildman–Crippen LogP) is 2.80. The van der Waals surface area contributed by atoms with Gasteiger partial charge in [0.05, 0.1) is 32.7 Å². The fraction of sp³-hybridized carbons (Fsp3) is 0.548. The first kappa shape index (κ1) is 39.3. The number of alkyl carbamates (subject to hydrolysis) is 2. The molecule has 3 atom stereocenters. The second-order valence-electron chi connectivity index (χ2n) is 14.6. The highest BCUT2D eigenvalue weighted by atomic mass is 32.2. The van der Waals surface area contributed by atoms with Gasteiger partial charge in [-0.3, -0.25) is 24.4 Å². The number of amides is 2. The number of rotatable bonds is 7. The number of fused-ring (bicyclic) bond motifs is 2. The standard InChI is InChI=1S/C16H22N6O5S.C15H21N7O4/c1-16(2,3)27-15(23)18-10-5-6-20(9-10)12-7-13(28(4)26)21-14(19-12)11(8-17-21)22(24)25;1-15(2,3)26-14(23)18-9-4-5-20(8-9)12-6-11(16)21-13(19-12)10(7-17-21)22(24)25/h7-8,10H,5-6,9H2,1-4H3,(H,18,23);6-7,9H,4-5,8,16H2,1-3H3,(H,18,23)/t10-,28?;9-/m00/s1. The van der Waals surface area contributed by atoms with Crippen LogP contribution in [0.4, 0.5) is 38.4 Å². The molecular formula is C31H43N13O9S. The lowest BCUT2D eigenvalue weighted by Crippen LogP contribution is -2.40. The minimum Gasteiger partial charge on any atom is -0.444 e. The smallest absolute Gasteiger partial charge is 0.407 e. The number of anilines is 3. The Labute approximate surface area is 311 Å². The molecule has 0 bridgehead atoms. The van der Waals surface area contributed by atoms with E-state index in [0.717, 1.165) is 12.4 Å². The summed E-state index contributed by atoms with van der Waals surface area (Å²) in [6, 6.07) is 2.96. The molecule has 1 unspecified atom stereocenters. The normalized spacial score (nSPS) is 17.9. The minimum absolute atomic E-state index is 0.0382. The summed E-state index contributed by atoms with van der Waals surface area (Å²) >= 11 is 0. The number of ether oxygens (including phenoxy) is 2. The summed E-state index contributed by atoms with van der Waals surface area (Å²) in [6.07, 6.45) is 4.09. The van der Waals surface area contributed by atoms with Crippen molar-refractivity contribution >= 4 is 63.1 Å². The molecule has 6 rings (SSSR count). The third-order valence-electron chi connectivity index (χ3n) is 8.03. The van der Waals surface area contributed by atoms with Gasteiger partial charge in [0.15, 0.2) is 0 Å². The summed E-state index contributed by atoms with van der Waals surface area (Å²) in [5, 5.41) is 36.1. The molecule has 22 nitrogen and oxygen atoms in total. The van der Waals surface area contributed by atoms with Crippen LogP contribution in [0.5, 0.6) is 0 Å². The molecule has 0 aromatic carbocycles. The summed E-state index contributed by atoms with van der Waals surface area (Å²) < 4.78 is 25.1. The quantitative estimate of drug-likeness (QED) is 0.138. The average Bonchev–Trinajstić information content (AvgIpc) is 3.85. The van der Waals surface area contributed by atoms with Crippen LogP contribution in [0.2, 0.25) is 0 Å². The van der Waals surface area contributed by atoms with Crippen molar-refractivity contribution in [2.45, 2.75) is 82.7 Å². The van der Waals surface area contributed by atoms with E-state index in [1.165, 1.54) is 15.3 Å². The monoisotopic (exact) mass is 773 g/mol. The highest BCUT2D eigenvalue weighted by Crippen LogP contribution is 2.28. The van der Waals surface area contributed by atoms with Crippen molar-refractivity contribution in [3.05, 3.63) is 44.8 Å². The maximum absolute atomic E-state index is 12.1. The average molecular weight is 774 g/mol. The maximum atomic E-state index is 12.1. The van der Waals surface area contributed by atoms with Crippen molar-refractivity contribution in [2.75, 3.05) is 48.0 Å². The Morgan fingerprint density at radius 1 is 0.815 bits per heavy atom. The summed E-state index contributed by atoms with van der Waals surface area (Å²) in [5.41, 5.74) is 4.46. The van der Waals surface area contributed by atoms with Crippen LogP contribution in [-0.4, -0.2) is 111 Å². The maximum Gasteiger partial charge on any atom is 0.407 e. The van der Waals surface area contributed by atoms with Crippen LogP contribution in [0, 0.1) is 20.2 Å². The van der Waals surface area contributed by atoms with Crippen molar-refractivity contribution in [1.29, 1.82) is 0 Å². The van der Waals surface area contributed by atoms with Gasteiger partial charge < -0.3 is 35.6 Å². The van der Waals surface area contributed by atoms with Gasteiger partial charge in [-0.1, -0.05) is 0 Å². The van der Waals surface area contributed by atoms with Gasteiger partial charge in [-0.2, -0.15) is 19.2 Å². The Bertz CT molecular complexity index is 2110. The molecule has 4 N–H and O–H groups in total. The second-order valence-corrected chi connectivity index (χ2v) is 16.0. The van der Waals surface area contributed by atoms with Crippen LogP contribution in [0.1, 0.15) is 54.4 Å². The zero-order chi connectivity index (χ0) is 39.7. The topological polar surface area (TPSA) is 273 Å². The second kappa shape index (κ2) is 15.2. The molecule has 4 aromatic rings. The fourth-order valence-electron chi connectivity index (χ4n) is 5.78. The van der Waals surface area contributed by atoms with Crippen molar-refractivity contribution in [1.82, 2.24) is 39.8 Å². The lowest BCUT2D eigenvalue weighted by atomic mass is 10.2. The molecule has 2 aliphatic heterocycles. The Morgan fingerprint density at radius 3 is 1.67 bits per heavy atom. The number of nitrogens with two attached hydrogens (primary N) is 1. The van der Waals surface area contributed by atoms with Crippen LogP contribution in [0.15, 0.2) is 29.6 Å². The molecule has 54 heavy (non-hydrogen) atoms. The van der Waals surface area contributed by atoms with E-state index in [1.807, 2.05) is 9.80 Å². The molecule has 2 saturated heterocycles. The van der Waals surface area contributed by atoms with Crippen molar-refractivity contribution in [2.24, 2.45) is 0 Å². The Hall–Kier alpha value is -5.87. The number of nitro groups is 2. The van der Waals surface area contributed by atoms with Crippen LogP contribution in [0.3, 0.4) is 0 Å². The molecule has 0 spiro atoms. The molecule has 0 radical (unpaired) electrons. The lowest BCUT2D eigenvalue weighted by Gasteiger charge is -2.22. The summed E-state index contributed by atoms with van der Waals surface area (Å²) in [4.78, 5) is 57.6. The number of hydrogen-bond acceptors (Lipinski definition) is 16. The molecule has 2 amide bonds. The number of hydrogen-bond donors (Lipinski definition) is 3. The van der Waals surface area contributed by atoms with E-state index in [9.17, 15) is 34.0 Å². The summed E-state index contributed by atoms with van der Waals surface area (Å²) in [6.45, 7) is 12.9. The van der Waals surface area contributed by atoms with Gasteiger partial charge in [0.1, 0.15) is 46.1 Å². The van der Waals surface area contributed by atoms with E-state index in [1.54, 1.807) is 53.7 Å². The number of carbonyl (C=O) groups excluding carboxylic acids is 2. The van der Waals surface area contributed by atoms with Crippen molar-refractivity contribution in [3.8, 4) is 0 Å². The van der Waals surface area contributed by atoms with E-state index < -0.39 is 44.0 Å². The molecule has 2 fully saturated rings. The van der Waals surface area contributed by atoms with Crippen molar-refractivity contribution in [3.63, 3.8) is 0 Å². The van der Waals surface area contributed by atoms with Crippen LogP contribution in [0.25, 0.3) is 11.3 Å². The van der Waals surface area contributed by atoms with Crippen LogP contribution < -0.4 is 26.2 Å². The number of nitrogens with one attached hydrogen (secondary N) is 2. The Kier molecular flexibility index (Phi) is 11.1. The zero-order valence-electron chi connectivity index (χ0n) is 30.8. The predicted molar refractivity (Wildman–Crippen MR) is 196 cm³/mol. The third kappa shape index (κ3) is 9.37. The zero-order valence-corrected chi connectivity index (χ0v) is 31.7. The first-order chi connectivity index (χ1) is 25.2. The van der Waals surface area contributed by atoms with Gasteiger partial charge >= 0.3 is 23.6 Å². The molecule has 292 valence electrons. The highest BCUT2D eigenvalue weighted by molar-refractivity contribution is 7.84. The lowest BCUT2D eigenvalue weighted by molar-refractivity contribution is -0.383. The molecule has 23 heteroatoms. The summed E-state index contributed by atoms with van der Waals surface area (Å²) in [5.74, 6) is 1.21. The van der Waals surface area contributed by atoms with Crippen LogP contribution in [-0.2, 0) is 20.3 Å². The van der Waals surface area contributed by atoms with E-state index in [0.29, 0.717) is 55.7 Å². The van der Waals surface area contributed by atoms with Crippen molar-refractivity contribution < 1.29 is 33.1 Å². The number of nitrogens with zero attached hydrogens (tertiary/aromatic N) is 10. The highest BCUT2D eigenvalue weighted by Gasteiger charge is 2.31. The van der Waals surface area contributed by atoms with Gasteiger partial charge in [0, 0.05) is 44.6 Å². The molecule has 0 saturated carbocycles. The Morgan fingerprint density at radius 2 is 1.24 bits per heavy atom. The SMILES string of the molecule is CC(C)(C)OC(=O)N[C@H]1CCN(c2cc(N)n3ncc([N+](=O)[O-])c3n2)C1.CS(=O)c1cc(N2CC[C@H](NC(=O)OC(C)(C)C)C2)nc2c([N+](=O)[O-])cnn12. The molecule has 0 aliphatic carbocycles. The molecule has 4 aromatic heterocycles. The fourth-order valence-corrected chi connectivity index (χ4v) is 6.43.